The topological polar surface area (TPSA) is 323 Å². The summed E-state index contributed by atoms with van der Waals surface area (Å²) >= 11 is 0. The molecule has 15 atom stereocenters. The van der Waals surface area contributed by atoms with Gasteiger partial charge in [0.1, 0.15) is 73.2 Å². The maximum absolute atomic E-state index is 13.5. The first-order valence-electron chi connectivity index (χ1n) is 17.0. The molecule has 0 unspecified atom stereocenters. The van der Waals surface area contributed by atoms with Crippen molar-refractivity contribution in [2.75, 3.05) is 34.0 Å². The van der Waals surface area contributed by atoms with Crippen molar-refractivity contribution >= 4 is 5.97 Å². The molecule has 3 aliphatic heterocycles. The fourth-order valence-electron chi connectivity index (χ4n) is 6.02. The van der Waals surface area contributed by atoms with Gasteiger partial charge in [-0.15, -0.1) is 0 Å². The molecule has 2 aromatic carbocycles. The Morgan fingerprint density at radius 2 is 1.05 bits per heavy atom. The summed E-state index contributed by atoms with van der Waals surface area (Å²) in [5.74, 6) is -1.78. The largest absolute Gasteiger partial charge is 0.493 e. The number of esters is 1. The zero-order valence-corrected chi connectivity index (χ0v) is 29.7. The molecule has 0 amide bonds. The van der Waals surface area contributed by atoms with Crippen molar-refractivity contribution in [3.63, 3.8) is 0 Å². The van der Waals surface area contributed by atoms with E-state index in [1.165, 1.54) is 38.5 Å². The minimum Gasteiger partial charge on any atom is -0.493 e. The van der Waals surface area contributed by atoms with Crippen LogP contribution in [0.2, 0.25) is 0 Å². The summed E-state index contributed by atoms with van der Waals surface area (Å²) in [4.78, 5) is 13.5. The molecule has 3 fully saturated rings. The van der Waals surface area contributed by atoms with Gasteiger partial charge in [0, 0.05) is 0 Å². The van der Waals surface area contributed by atoms with Crippen molar-refractivity contribution in [2.45, 2.75) is 99.0 Å². The second kappa shape index (κ2) is 18.2. The molecule has 0 bridgehead atoms. The maximum atomic E-state index is 13.5. The average Bonchev–Trinajstić information content (AvgIpc) is 3.18. The SMILES string of the molecule is COc1cc(C(=O)Oc2cc(C)ccc2O[C@@H]2O[C@H](CO)[C@@H](O)[C@H](O)[C@H]2O)cc(OC)c1O[C@@H]1O[C@H](CO[C@@H]2O[C@H](CO)[C@@H](O)[C@H](O)[C@H]2O)[C@@H](O)[C@H](O)[C@H]1O. The molecule has 0 spiro atoms. The molecule has 0 radical (unpaired) electrons. The molecule has 55 heavy (non-hydrogen) atoms. The van der Waals surface area contributed by atoms with Crippen molar-refractivity contribution in [3.05, 3.63) is 41.5 Å². The normalized spacial score (nSPS) is 36.5. The molecular weight excluding hydrogens is 744 g/mol. The highest BCUT2D eigenvalue weighted by atomic mass is 16.7. The zero-order valence-electron chi connectivity index (χ0n) is 29.7. The number of benzene rings is 2. The molecule has 2 aromatic rings. The summed E-state index contributed by atoms with van der Waals surface area (Å²) in [6.45, 7) is -0.343. The van der Waals surface area contributed by atoms with Crippen LogP contribution >= 0.6 is 0 Å². The average molecular weight is 791 g/mol. The Labute approximate surface area is 312 Å². The Bertz CT molecular complexity index is 1560. The highest BCUT2D eigenvalue weighted by Gasteiger charge is 2.49. The number of hydrogen-bond acceptors (Lipinski definition) is 21. The van der Waals surface area contributed by atoms with E-state index in [-0.39, 0.29) is 34.3 Å². The molecule has 3 saturated heterocycles. The van der Waals surface area contributed by atoms with E-state index in [1.54, 1.807) is 13.0 Å². The fourth-order valence-corrected chi connectivity index (χ4v) is 6.02. The standard InChI is InChI=1S/C34H46O21/c1-12-4-5-14(51-33-28(44)25(41)22(38)19(10-36)53-33)15(6-12)50-31(46)13-7-16(47-2)30(17(8-13)48-3)55-34-29(45)26(42)23(39)20(54-34)11-49-32-27(43)24(40)21(37)18(9-35)52-32/h4-8,18-29,32-45H,9-11H2,1-3H3/t18-,19-,20-,21-,22-,23-,24+,25+,26+,27-,28-,29-,32-,33-,34+/m1/s1. The van der Waals surface area contributed by atoms with Gasteiger partial charge in [-0.25, -0.2) is 4.79 Å². The maximum Gasteiger partial charge on any atom is 0.343 e. The molecule has 3 aliphatic rings. The Hall–Kier alpha value is -3.49. The van der Waals surface area contributed by atoms with Gasteiger partial charge in [-0.2, -0.15) is 0 Å². The summed E-state index contributed by atoms with van der Waals surface area (Å²) in [6, 6.07) is 6.81. The number of hydrogen-bond donors (Lipinski definition) is 11. The van der Waals surface area contributed by atoms with Gasteiger partial charge in [0.05, 0.1) is 39.6 Å². The van der Waals surface area contributed by atoms with E-state index >= 15 is 0 Å². The first-order chi connectivity index (χ1) is 26.1. The third-order valence-electron chi connectivity index (χ3n) is 9.27. The van der Waals surface area contributed by atoms with Crippen LogP contribution in [0.25, 0.3) is 0 Å². The van der Waals surface area contributed by atoms with Crippen LogP contribution in [0.5, 0.6) is 28.7 Å². The second-order valence-corrected chi connectivity index (χ2v) is 13.0. The Balaban J connectivity index is 1.32. The third kappa shape index (κ3) is 9.06. The van der Waals surface area contributed by atoms with E-state index in [0.717, 1.165) is 0 Å². The van der Waals surface area contributed by atoms with Crippen molar-refractivity contribution in [2.24, 2.45) is 0 Å². The van der Waals surface area contributed by atoms with Gasteiger partial charge in [0.25, 0.3) is 0 Å². The quantitative estimate of drug-likeness (QED) is 0.0672. The number of aliphatic hydroxyl groups excluding tert-OH is 11. The first kappa shape index (κ1) is 42.6. The number of aliphatic hydroxyl groups is 11. The Morgan fingerprint density at radius 3 is 1.58 bits per heavy atom. The van der Waals surface area contributed by atoms with Crippen molar-refractivity contribution < 1.29 is 104 Å². The molecule has 3 heterocycles. The van der Waals surface area contributed by atoms with Crippen molar-refractivity contribution in [1.82, 2.24) is 0 Å². The van der Waals surface area contributed by atoms with Gasteiger partial charge in [-0.05, 0) is 36.8 Å². The van der Waals surface area contributed by atoms with Crippen LogP contribution in [-0.2, 0) is 18.9 Å². The lowest BCUT2D eigenvalue weighted by molar-refractivity contribution is -0.323. The molecule has 308 valence electrons. The number of aryl methyl sites for hydroxylation is 1. The van der Waals surface area contributed by atoms with Crippen LogP contribution in [0, 0.1) is 6.92 Å². The smallest absolute Gasteiger partial charge is 0.343 e. The monoisotopic (exact) mass is 790 g/mol. The summed E-state index contributed by atoms with van der Waals surface area (Å²) in [6.07, 6.45) is -24.7. The van der Waals surface area contributed by atoms with Crippen LogP contribution < -0.4 is 23.7 Å². The van der Waals surface area contributed by atoms with Gasteiger partial charge in [-0.3, -0.25) is 0 Å². The van der Waals surface area contributed by atoms with E-state index in [4.69, 9.17) is 42.6 Å². The van der Waals surface area contributed by atoms with E-state index < -0.39 is 118 Å². The van der Waals surface area contributed by atoms with E-state index in [1.807, 2.05) is 0 Å². The molecule has 11 N–H and O–H groups in total. The van der Waals surface area contributed by atoms with Gasteiger partial charge in [0.2, 0.25) is 18.3 Å². The number of methoxy groups -OCH3 is 2. The summed E-state index contributed by atoms with van der Waals surface area (Å²) in [5.41, 5.74) is 0.464. The van der Waals surface area contributed by atoms with E-state index in [2.05, 4.69) is 0 Å². The zero-order chi connectivity index (χ0) is 40.3. The molecule has 0 saturated carbocycles. The lowest BCUT2D eigenvalue weighted by Gasteiger charge is -2.42. The summed E-state index contributed by atoms with van der Waals surface area (Å²) in [5, 5.41) is 112. The molecule has 21 nitrogen and oxygen atoms in total. The molecule has 0 aromatic heterocycles. The molecule has 0 aliphatic carbocycles. The van der Waals surface area contributed by atoms with E-state index in [9.17, 15) is 61.0 Å². The minimum absolute atomic E-state index is 0.114. The van der Waals surface area contributed by atoms with Crippen LogP contribution in [-0.4, -0.2) is 188 Å². The van der Waals surface area contributed by atoms with Gasteiger partial charge < -0.3 is 98.8 Å². The lowest BCUT2D eigenvalue weighted by Crippen LogP contribution is -2.62. The van der Waals surface area contributed by atoms with Crippen LogP contribution in [0.15, 0.2) is 30.3 Å². The molecule has 5 rings (SSSR count). The van der Waals surface area contributed by atoms with Gasteiger partial charge in [-0.1, -0.05) is 6.07 Å². The minimum atomic E-state index is -1.87. The predicted octanol–water partition coefficient (Wildman–Crippen LogP) is -4.59. The third-order valence-corrected chi connectivity index (χ3v) is 9.27. The van der Waals surface area contributed by atoms with Gasteiger partial charge >= 0.3 is 5.97 Å². The molecule has 21 heteroatoms. The second-order valence-electron chi connectivity index (χ2n) is 13.0. The van der Waals surface area contributed by atoms with Crippen molar-refractivity contribution in [3.8, 4) is 28.7 Å². The molecular formula is C34H46O21. The number of rotatable bonds is 13. The summed E-state index contributed by atoms with van der Waals surface area (Å²) in [7, 11) is 2.44. The Morgan fingerprint density at radius 1 is 0.582 bits per heavy atom. The van der Waals surface area contributed by atoms with Crippen LogP contribution in [0.3, 0.4) is 0 Å². The fraction of sp³-hybridized carbons (Fsp3) is 0.618. The lowest BCUT2D eigenvalue weighted by atomic mass is 9.98. The van der Waals surface area contributed by atoms with Crippen LogP contribution in [0.1, 0.15) is 15.9 Å². The van der Waals surface area contributed by atoms with Crippen molar-refractivity contribution in [1.29, 1.82) is 0 Å². The van der Waals surface area contributed by atoms with E-state index in [0.29, 0.717) is 5.56 Å². The summed E-state index contributed by atoms with van der Waals surface area (Å²) < 4.78 is 49.9. The predicted molar refractivity (Wildman–Crippen MR) is 177 cm³/mol. The highest BCUT2D eigenvalue weighted by molar-refractivity contribution is 5.93. The Kier molecular flexibility index (Phi) is 14.1. The highest BCUT2D eigenvalue weighted by Crippen LogP contribution is 2.41. The number of ether oxygens (including phenoxy) is 9. The number of carbonyl (C=O) groups is 1. The van der Waals surface area contributed by atoms with Crippen LogP contribution in [0.4, 0.5) is 0 Å². The first-order valence-corrected chi connectivity index (χ1v) is 17.0. The van der Waals surface area contributed by atoms with Gasteiger partial charge in [0.15, 0.2) is 29.3 Å². The number of carbonyl (C=O) groups excluding carboxylic acids is 1.